The van der Waals surface area contributed by atoms with Crippen molar-refractivity contribution >= 4 is 40.1 Å². The lowest BCUT2D eigenvalue weighted by Crippen LogP contribution is -2.49. The Morgan fingerprint density at radius 2 is 1.88 bits per heavy atom. The molecule has 4 heterocycles. The number of anilines is 1. The lowest BCUT2D eigenvalue weighted by Gasteiger charge is -2.32. The van der Waals surface area contributed by atoms with E-state index in [-0.39, 0.29) is 11.8 Å². The molecule has 2 amide bonds. The highest BCUT2D eigenvalue weighted by Crippen LogP contribution is 2.55. The number of amides is 2. The monoisotopic (exact) mass is 439 g/mol. The summed E-state index contributed by atoms with van der Waals surface area (Å²) in [6, 6.07) is 7.39. The average molecular weight is 439 g/mol. The van der Waals surface area contributed by atoms with Crippen LogP contribution in [0.5, 0.6) is 0 Å². The highest BCUT2D eigenvalue weighted by atomic mass is 127. The van der Waals surface area contributed by atoms with E-state index in [0.717, 1.165) is 3.57 Å². The van der Waals surface area contributed by atoms with Gasteiger partial charge in [0, 0.05) is 3.57 Å². The van der Waals surface area contributed by atoms with Crippen molar-refractivity contribution < 1.29 is 23.8 Å². The number of ether oxygens (including phenoxy) is 3. The molecule has 3 saturated heterocycles. The number of hydrogen-bond acceptors (Lipinski definition) is 5. The van der Waals surface area contributed by atoms with Crippen molar-refractivity contribution in [1.29, 1.82) is 0 Å². The fraction of sp³-hybridized carbons (Fsp3) is 0.412. The molecule has 4 aliphatic heterocycles. The number of halogens is 1. The van der Waals surface area contributed by atoms with Crippen molar-refractivity contribution in [3.05, 3.63) is 40.0 Å². The fourth-order valence-electron chi connectivity index (χ4n) is 4.20. The second kappa shape index (κ2) is 5.10. The van der Waals surface area contributed by atoms with Crippen molar-refractivity contribution in [2.45, 2.75) is 18.0 Å². The van der Waals surface area contributed by atoms with Crippen LogP contribution in [0.2, 0.25) is 0 Å². The summed E-state index contributed by atoms with van der Waals surface area (Å²) in [6.45, 7) is 0.933. The molecule has 1 aromatic carbocycles. The predicted molar refractivity (Wildman–Crippen MR) is 91.1 cm³/mol. The van der Waals surface area contributed by atoms with Crippen LogP contribution < -0.4 is 4.90 Å². The van der Waals surface area contributed by atoms with Gasteiger partial charge >= 0.3 is 0 Å². The summed E-state index contributed by atoms with van der Waals surface area (Å²) >= 11 is 2.14. The Morgan fingerprint density at radius 3 is 2.62 bits per heavy atom. The van der Waals surface area contributed by atoms with Crippen molar-refractivity contribution in [2.75, 3.05) is 18.1 Å². The molecule has 7 heteroatoms. The first-order valence-corrected chi connectivity index (χ1v) is 8.94. The molecule has 6 nitrogen and oxygen atoms in total. The van der Waals surface area contributed by atoms with Crippen LogP contribution >= 0.6 is 22.6 Å². The van der Waals surface area contributed by atoms with Crippen LogP contribution in [0.1, 0.15) is 0 Å². The number of fused-ring (bicyclic) bond motifs is 5. The van der Waals surface area contributed by atoms with E-state index in [0.29, 0.717) is 18.9 Å². The highest BCUT2D eigenvalue weighted by molar-refractivity contribution is 14.1. The average Bonchev–Trinajstić information content (AvgIpc) is 3.33. The molecule has 5 rings (SSSR count). The van der Waals surface area contributed by atoms with E-state index in [1.807, 2.05) is 30.4 Å². The summed E-state index contributed by atoms with van der Waals surface area (Å²) < 4.78 is 18.2. The zero-order chi connectivity index (χ0) is 16.5. The van der Waals surface area contributed by atoms with Crippen molar-refractivity contribution in [3.8, 4) is 0 Å². The van der Waals surface area contributed by atoms with Crippen LogP contribution in [0, 0.1) is 15.4 Å². The number of imide groups is 1. The summed E-state index contributed by atoms with van der Waals surface area (Å²) in [5, 5.41) is 0. The molecule has 4 atom stereocenters. The first-order chi connectivity index (χ1) is 11.6. The smallest absolute Gasteiger partial charge is 0.241 e. The molecule has 1 aromatic rings. The molecule has 0 saturated carbocycles. The zero-order valence-corrected chi connectivity index (χ0v) is 14.7. The number of carbonyl (C=O) groups excluding carboxylic acids is 2. The van der Waals surface area contributed by atoms with E-state index in [9.17, 15) is 9.59 Å². The van der Waals surface area contributed by atoms with Crippen LogP contribution in [0.25, 0.3) is 0 Å². The Morgan fingerprint density at radius 1 is 1.12 bits per heavy atom. The molecular weight excluding hydrogens is 425 g/mol. The van der Waals surface area contributed by atoms with E-state index in [2.05, 4.69) is 22.6 Å². The normalized spacial score (nSPS) is 37.7. The first kappa shape index (κ1) is 15.0. The Hall–Kier alpha value is -1.29. The molecule has 0 aromatic heterocycles. The molecule has 24 heavy (non-hydrogen) atoms. The number of para-hydroxylation sites is 1. The van der Waals surface area contributed by atoms with Crippen LogP contribution in [-0.2, 0) is 23.8 Å². The van der Waals surface area contributed by atoms with Gasteiger partial charge in [0.2, 0.25) is 11.8 Å². The molecule has 0 N–H and O–H groups in total. The van der Waals surface area contributed by atoms with Crippen molar-refractivity contribution in [3.63, 3.8) is 0 Å². The third kappa shape index (κ3) is 1.75. The van der Waals surface area contributed by atoms with Gasteiger partial charge in [0.25, 0.3) is 0 Å². The lowest BCUT2D eigenvalue weighted by atomic mass is 9.76. The minimum Gasteiger partial charge on any atom is -0.357 e. The van der Waals surface area contributed by atoms with Gasteiger partial charge in [-0.2, -0.15) is 0 Å². The number of rotatable bonds is 2. The van der Waals surface area contributed by atoms with Crippen LogP contribution in [-0.4, -0.2) is 43.0 Å². The van der Waals surface area contributed by atoms with Crippen molar-refractivity contribution in [1.82, 2.24) is 0 Å². The third-order valence-electron chi connectivity index (χ3n) is 5.16. The second-order valence-corrected chi connectivity index (χ2v) is 7.50. The minimum absolute atomic E-state index is 0.205. The topological polar surface area (TPSA) is 65.1 Å². The van der Waals surface area contributed by atoms with Gasteiger partial charge in [0.15, 0.2) is 11.9 Å². The maximum atomic E-state index is 13.2. The summed E-state index contributed by atoms with van der Waals surface area (Å²) in [5.74, 6) is -1.55. The molecule has 0 radical (unpaired) electrons. The SMILES string of the molecule is O=C1[C@@H]2[C@H]3C=C[C@@](C4OCCO4)(O3)[C@H]2C(=O)N1c1ccccc1I. The molecule has 3 fully saturated rings. The minimum atomic E-state index is -0.993. The fourth-order valence-corrected chi connectivity index (χ4v) is 4.83. The van der Waals surface area contributed by atoms with Gasteiger partial charge in [-0.3, -0.25) is 9.59 Å². The van der Waals surface area contributed by atoms with E-state index < -0.39 is 29.8 Å². The Kier molecular flexibility index (Phi) is 3.19. The maximum absolute atomic E-state index is 13.2. The number of nitrogens with zero attached hydrogens (tertiary/aromatic N) is 1. The number of benzene rings is 1. The summed E-state index contributed by atoms with van der Waals surface area (Å²) in [4.78, 5) is 27.5. The standard InChI is InChI=1S/C17H14INO5/c18-9-3-1-2-4-10(9)19-14(20)12-11-5-6-17(24-11,13(12)15(19)21)16-22-7-8-23-16/h1-6,11-13,16H,7-8H2/t11-,12-,13-,17-/m1/s1. The number of carbonyl (C=O) groups is 2. The molecular formula is C17H14INO5. The zero-order valence-electron chi connectivity index (χ0n) is 12.6. The molecule has 0 unspecified atom stereocenters. The van der Waals surface area contributed by atoms with Gasteiger partial charge < -0.3 is 14.2 Å². The van der Waals surface area contributed by atoms with E-state index in [1.165, 1.54) is 4.90 Å². The van der Waals surface area contributed by atoms with Crippen LogP contribution in [0.3, 0.4) is 0 Å². The van der Waals surface area contributed by atoms with Crippen LogP contribution in [0.15, 0.2) is 36.4 Å². The summed E-state index contributed by atoms with van der Waals surface area (Å²) in [5.41, 5.74) is -0.363. The quantitative estimate of drug-likeness (QED) is 0.397. The largest absolute Gasteiger partial charge is 0.357 e. The molecule has 2 bridgehead atoms. The molecule has 0 spiro atoms. The van der Waals surface area contributed by atoms with Crippen molar-refractivity contribution in [2.24, 2.45) is 11.8 Å². The second-order valence-electron chi connectivity index (χ2n) is 6.34. The Labute approximate surface area is 151 Å². The first-order valence-electron chi connectivity index (χ1n) is 7.86. The van der Waals surface area contributed by atoms with Gasteiger partial charge in [0.05, 0.1) is 36.8 Å². The van der Waals surface area contributed by atoms with E-state index in [1.54, 1.807) is 6.07 Å². The number of hydrogen-bond donors (Lipinski definition) is 0. The molecule has 124 valence electrons. The maximum Gasteiger partial charge on any atom is 0.241 e. The molecule has 4 aliphatic rings. The van der Waals surface area contributed by atoms with Gasteiger partial charge in [-0.15, -0.1) is 0 Å². The summed E-state index contributed by atoms with van der Waals surface area (Å²) in [7, 11) is 0. The Balaban J connectivity index is 1.59. The lowest BCUT2D eigenvalue weighted by molar-refractivity contribution is -0.180. The highest BCUT2D eigenvalue weighted by Gasteiger charge is 2.71. The van der Waals surface area contributed by atoms with Gasteiger partial charge in [-0.25, -0.2) is 4.90 Å². The van der Waals surface area contributed by atoms with Gasteiger partial charge in [0.1, 0.15) is 0 Å². The molecule has 0 aliphatic carbocycles. The van der Waals surface area contributed by atoms with Gasteiger partial charge in [-0.1, -0.05) is 18.2 Å². The van der Waals surface area contributed by atoms with E-state index >= 15 is 0 Å². The van der Waals surface area contributed by atoms with E-state index in [4.69, 9.17) is 14.2 Å². The van der Waals surface area contributed by atoms with Gasteiger partial charge in [-0.05, 0) is 40.8 Å². The summed E-state index contributed by atoms with van der Waals surface area (Å²) in [6.07, 6.45) is 2.67. The Bertz CT molecular complexity index is 774. The third-order valence-corrected chi connectivity index (χ3v) is 6.07. The van der Waals surface area contributed by atoms with Crippen LogP contribution in [0.4, 0.5) is 5.69 Å². The predicted octanol–water partition coefficient (Wildman–Crippen LogP) is 1.48.